The molecule has 1 aromatic carbocycles. The van der Waals surface area contributed by atoms with Crippen molar-refractivity contribution in [1.82, 2.24) is 5.32 Å². The van der Waals surface area contributed by atoms with Crippen molar-refractivity contribution in [3.8, 4) is 11.5 Å². The van der Waals surface area contributed by atoms with Crippen LogP contribution in [0, 0.1) is 6.92 Å². The summed E-state index contributed by atoms with van der Waals surface area (Å²) in [4.78, 5) is 11.2. The molecule has 0 aliphatic carbocycles. The zero-order chi connectivity index (χ0) is 14.4. The Morgan fingerprint density at radius 1 is 1.32 bits per heavy atom. The number of ether oxygens (including phenoxy) is 2. The number of aliphatic hydroxyl groups is 1. The molecule has 0 radical (unpaired) electrons. The molecule has 0 saturated carbocycles. The fraction of sp³-hybridized carbons (Fsp3) is 0.500. The highest BCUT2D eigenvalue weighted by atomic mass is 16.5. The second-order valence-corrected chi connectivity index (χ2v) is 4.35. The van der Waals surface area contributed by atoms with Crippen LogP contribution in [0.3, 0.4) is 0 Å². The predicted molar refractivity (Wildman–Crippen MR) is 72.7 cm³/mol. The topological polar surface area (TPSA) is 67.8 Å². The van der Waals surface area contributed by atoms with Gasteiger partial charge in [-0.05, 0) is 43.5 Å². The van der Waals surface area contributed by atoms with Crippen molar-refractivity contribution in [3.63, 3.8) is 0 Å². The minimum absolute atomic E-state index is 0.377. The number of hydrogen-bond donors (Lipinski definition) is 2. The molecule has 2 N–H and O–H groups in total. The van der Waals surface area contributed by atoms with Gasteiger partial charge in [0.05, 0.1) is 14.2 Å². The van der Waals surface area contributed by atoms with E-state index in [9.17, 15) is 4.79 Å². The lowest BCUT2D eigenvalue weighted by Crippen LogP contribution is -2.33. The Morgan fingerprint density at radius 2 is 1.95 bits per heavy atom. The minimum Gasteiger partial charge on any atom is -0.496 e. The number of methoxy groups -OCH3 is 2. The number of nitrogens with one attached hydrogen (secondary N) is 1. The summed E-state index contributed by atoms with van der Waals surface area (Å²) in [5.74, 6) is 1.18. The maximum absolute atomic E-state index is 11.2. The Hall–Kier alpha value is -1.75. The molecule has 0 saturated heterocycles. The van der Waals surface area contributed by atoms with Gasteiger partial charge in [-0.1, -0.05) is 0 Å². The number of amides is 1. The number of carbonyl (C=O) groups excluding carboxylic acids is 1. The van der Waals surface area contributed by atoms with Crippen molar-refractivity contribution >= 4 is 5.91 Å². The van der Waals surface area contributed by atoms with Gasteiger partial charge in [0.1, 0.15) is 17.6 Å². The van der Waals surface area contributed by atoms with Crippen LogP contribution in [0.25, 0.3) is 0 Å². The highest BCUT2D eigenvalue weighted by Gasteiger charge is 2.11. The highest BCUT2D eigenvalue weighted by Crippen LogP contribution is 2.28. The summed E-state index contributed by atoms with van der Waals surface area (Å²) in [6, 6.07) is 3.81. The molecule has 106 valence electrons. The second kappa shape index (κ2) is 6.99. The van der Waals surface area contributed by atoms with Gasteiger partial charge in [0, 0.05) is 6.54 Å². The monoisotopic (exact) mass is 267 g/mol. The normalized spacial score (nSPS) is 11.8. The van der Waals surface area contributed by atoms with Gasteiger partial charge >= 0.3 is 0 Å². The molecule has 0 spiro atoms. The Labute approximate surface area is 113 Å². The second-order valence-electron chi connectivity index (χ2n) is 4.35. The fourth-order valence-electron chi connectivity index (χ4n) is 1.78. The van der Waals surface area contributed by atoms with Crippen LogP contribution in [0.15, 0.2) is 12.1 Å². The summed E-state index contributed by atoms with van der Waals surface area (Å²) in [7, 11) is 3.23. The average Bonchev–Trinajstić information content (AvgIpc) is 2.39. The van der Waals surface area contributed by atoms with Gasteiger partial charge in [-0.2, -0.15) is 0 Å². The highest BCUT2D eigenvalue weighted by molar-refractivity contribution is 5.79. The van der Waals surface area contributed by atoms with Gasteiger partial charge < -0.3 is 19.9 Å². The van der Waals surface area contributed by atoms with Crippen molar-refractivity contribution in [3.05, 3.63) is 23.3 Å². The smallest absolute Gasteiger partial charge is 0.248 e. The molecule has 5 nitrogen and oxygen atoms in total. The van der Waals surface area contributed by atoms with E-state index in [4.69, 9.17) is 14.6 Å². The van der Waals surface area contributed by atoms with Crippen LogP contribution in [0.1, 0.15) is 18.1 Å². The first kappa shape index (κ1) is 15.3. The third-order valence-corrected chi connectivity index (χ3v) is 2.87. The first-order chi connectivity index (χ1) is 8.99. The Morgan fingerprint density at radius 3 is 2.47 bits per heavy atom. The lowest BCUT2D eigenvalue weighted by Gasteiger charge is -2.13. The lowest BCUT2D eigenvalue weighted by atomic mass is 10.1. The van der Waals surface area contributed by atoms with Crippen molar-refractivity contribution in [2.45, 2.75) is 26.4 Å². The van der Waals surface area contributed by atoms with Crippen LogP contribution in [-0.4, -0.2) is 37.9 Å². The van der Waals surface area contributed by atoms with Crippen LogP contribution in [0.4, 0.5) is 0 Å². The summed E-state index contributed by atoms with van der Waals surface area (Å²) >= 11 is 0. The summed E-state index contributed by atoms with van der Waals surface area (Å²) in [5, 5.41) is 11.7. The number of benzene rings is 1. The maximum atomic E-state index is 11.2. The summed E-state index contributed by atoms with van der Waals surface area (Å²) in [6.07, 6.45) is -0.382. The molecule has 0 fully saturated rings. The van der Waals surface area contributed by atoms with Gasteiger partial charge in [0.15, 0.2) is 0 Å². The Balaban J connectivity index is 2.74. The van der Waals surface area contributed by atoms with Gasteiger partial charge in [0.2, 0.25) is 5.91 Å². The number of carbonyl (C=O) groups is 1. The Bertz CT molecular complexity index is 443. The fourth-order valence-corrected chi connectivity index (χ4v) is 1.78. The van der Waals surface area contributed by atoms with E-state index in [2.05, 4.69) is 5.32 Å². The van der Waals surface area contributed by atoms with Gasteiger partial charge in [-0.25, -0.2) is 0 Å². The van der Waals surface area contributed by atoms with Crippen LogP contribution >= 0.6 is 0 Å². The van der Waals surface area contributed by atoms with E-state index in [1.165, 1.54) is 6.92 Å². The van der Waals surface area contributed by atoms with Crippen LogP contribution in [0.2, 0.25) is 0 Å². The van der Waals surface area contributed by atoms with Crippen LogP contribution in [0.5, 0.6) is 11.5 Å². The zero-order valence-electron chi connectivity index (χ0n) is 11.8. The number of hydrogen-bond acceptors (Lipinski definition) is 4. The molecular weight excluding hydrogens is 246 g/mol. The SMILES string of the molecule is COc1cc(CCNC(=O)C(C)O)c(OC)cc1C. The Kier molecular flexibility index (Phi) is 5.63. The van der Waals surface area contributed by atoms with E-state index >= 15 is 0 Å². The predicted octanol–water partition coefficient (Wildman–Crippen LogP) is 1.05. The van der Waals surface area contributed by atoms with E-state index in [-0.39, 0.29) is 5.91 Å². The van der Waals surface area contributed by atoms with Crippen molar-refractivity contribution in [2.24, 2.45) is 0 Å². The number of aryl methyl sites for hydroxylation is 1. The molecule has 0 aliphatic rings. The van der Waals surface area contributed by atoms with E-state index in [0.29, 0.717) is 13.0 Å². The van der Waals surface area contributed by atoms with Crippen molar-refractivity contribution < 1.29 is 19.4 Å². The summed E-state index contributed by atoms with van der Waals surface area (Å²) in [6.45, 7) is 3.82. The number of rotatable bonds is 6. The van der Waals surface area contributed by atoms with Gasteiger partial charge in [-0.3, -0.25) is 4.79 Å². The molecule has 1 atom stereocenters. The molecule has 0 aliphatic heterocycles. The van der Waals surface area contributed by atoms with E-state index in [1.54, 1.807) is 14.2 Å². The first-order valence-corrected chi connectivity index (χ1v) is 6.16. The zero-order valence-corrected chi connectivity index (χ0v) is 11.8. The molecule has 0 bridgehead atoms. The standard InChI is InChI=1S/C14H21NO4/c1-9-7-13(19-4)11(8-12(9)18-3)5-6-15-14(17)10(2)16/h7-8,10,16H,5-6H2,1-4H3,(H,15,17). The molecule has 1 rings (SSSR count). The molecule has 1 unspecified atom stereocenters. The molecule has 1 aromatic rings. The molecule has 19 heavy (non-hydrogen) atoms. The average molecular weight is 267 g/mol. The van der Waals surface area contributed by atoms with Crippen molar-refractivity contribution in [1.29, 1.82) is 0 Å². The quantitative estimate of drug-likeness (QED) is 0.808. The van der Waals surface area contributed by atoms with E-state index in [1.807, 2.05) is 19.1 Å². The van der Waals surface area contributed by atoms with Gasteiger partial charge in [-0.15, -0.1) is 0 Å². The third kappa shape index (κ3) is 4.13. The molecule has 5 heteroatoms. The summed E-state index contributed by atoms with van der Waals surface area (Å²) < 4.78 is 10.6. The van der Waals surface area contributed by atoms with E-state index < -0.39 is 6.10 Å². The van der Waals surface area contributed by atoms with Crippen molar-refractivity contribution in [2.75, 3.05) is 20.8 Å². The first-order valence-electron chi connectivity index (χ1n) is 6.16. The van der Waals surface area contributed by atoms with E-state index in [0.717, 1.165) is 22.6 Å². The lowest BCUT2D eigenvalue weighted by molar-refractivity contribution is -0.128. The molecule has 0 aromatic heterocycles. The summed E-state index contributed by atoms with van der Waals surface area (Å²) in [5.41, 5.74) is 1.95. The van der Waals surface area contributed by atoms with Crippen LogP contribution < -0.4 is 14.8 Å². The molecule has 1 amide bonds. The largest absolute Gasteiger partial charge is 0.496 e. The van der Waals surface area contributed by atoms with Gasteiger partial charge in [0.25, 0.3) is 0 Å². The molecular formula is C14H21NO4. The maximum Gasteiger partial charge on any atom is 0.248 e. The molecule has 0 heterocycles. The minimum atomic E-state index is -0.991. The third-order valence-electron chi connectivity index (χ3n) is 2.87. The number of aliphatic hydroxyl groups excluding tert-OH is 1. The van der Waals surface area contributed by atoms with Crippen LogP contribution in [-0.2, 0) is 11.2 Å².